The Hall–Kier alpha value is -0.456. The molecule has 0 N–H and O–H groups in total. The Morgan fingerprint density at radius 1 is 0.607 bits per heavy atom. The van der Waals surface area contributed by atoms with E-state index in [1.165, 1.54) is 38.5 Å². The van der Waals surface area contributed by atoms with E-state index in [4.69, 9.17) is 0 Å². The van der Waals surface area contributed by atoms with E-state index in [1.807, 2.05) is 7.15 Å². The molecule has 0 heterocycles. The third kappa shape index (κ3) is 4.34. The van der Waals surface area contributed by atoms with Crippen LogP contribution < -0.4 is 0 Å². The van der Waals surface area contributed by atoms with Gasteiger partial charge in [-0.15, -0.1) is 0 Å². The summed E-state index contributed by atoms with van der Waals surface area (Å²) < 4.78 is 5.74. The molecule has 0 saturated carbocycles. The second-order valence-corrected chi connectivity index (χ2v) is 16.4. The molecule has 1 heteroatoms. The van der Waals surface area contributed by atoms with Crippen molar-refractivity contribution in [2.45, 2.75) is 80.1 Å². The molecule has 0 radical (unpaired) electrons. The van der Waals surface area contributed by atoms with E-state index in [0.717, 1.165) is 0 Å². The molecule has 3 aliphatic rings. The van der Waals surface area contributed by atoms with E-state index in [1.54, 1.807) is 16.7 Å². The van der Waals surface area contributed by atoms with Crippen LogP contribution in [0.15, 0.2) is 60.3 Å². The average Bonchev–Trinajstić information content (AvgIpc) is 3.47. The van der Waals surface area contributed by atoms with E-state index >= 15 is 0 Å². The monoisotopic (exact) mass is 452 g/mol. The third-order valence-corrected chi connectivity index (χ3v) is 16.8. The van der Waals surface area contributed by atoms with Gasteiger partial charge in [0.1, 0.15) is 0 Å². The first-order chi connectivity index (χ1) is 13.5. The van der Waals surface area contributed by atoms with Crippen molar-refractivity contribution in [3.8, 4) is 0 Å². The zero-order chi connectivity index (χ0) is 20.3. The molecule has 0 aromatic heterocycles. The summed E-state index contributed by atoms with van der Waals surface area (Å²) in [7, 11) is 0. The molecular formula is C27H39Y. The topological polar surface area (TPSA) is 0 Å². The van der Waals surface area contributed by atoms with Crippen LogP contribution in [-0.4, -0.2) is 0 Å². The Bertz CT molecular complexity index is 663. The van der Waals surface area contributed by atoms with Gasteiger partial charge in [-0.25, -0.2) is 0 Å². The first kappa shape index (κ1) is 22.2. The normalized spacial score (nSPS) is 22.1. The van der Waals surface area contributed by atoms with Gasteiger partial charge in [-0.3, -0.25) is 0 Å². The summed E-state index contributed by atoms with van der Waals surface area (Å²) in [5.41, 5.74) is 5.15. The number of hydrogen-bond acceptors (Lipinski definition) is 0. The molecule has 0 nitrogen and oxygen atoms in total. The zero-order valence-electron chi connectivity index (χ0n) is 19.0. The van der Waals surface area contributed by atoms with Gasteiger partial charge in [0.15, 0.2) is 0 Å². The van der Waals surface area contributed by atoms with E-state index in [0.29, 0.717) is 17.8 Å². The minimum atomic E-state index is -2.26. The predicted octanol–water partition coefficient (Wildman–Crippen LogP) is 8.38. The first-order valence-corrected chi connectivity index (χ1v) is 16.0. The van der Waals surface area contributed by atoms with Crippen LogP contribution in [0, 0.1) is 17.8 Å². The van der Waals surface area contributed by atoms with Crippen LogP contribution >= 0.6 is 0 Å². The summed E-state index contributed by atoms with van der Waals surface area (Å²) in [5, 5.41) is 0. The van der Waals surface area contributed by atoms with Crippen molar-refractivity contribution in [3.05, 3.63) is 60.3 Å². The van der Waals surface area contributed by atoms with Crippen LogP contribution in [0.1, 0.15) is 80.1 Å². The fourth-order valence-electron chi connectivity index (χ4n) is 5.20. The van der Waals surface area contributed by atoms with Crippen molar-refractivity contribution < 1.29 is 27.4 Å². The van der Waals surface area contributed by atoms with Gasteiger partial charge in [-0.2, -0.15) is 0 Å². The fourth-order valence-corrected chi connectivity index (χ4v) is 16.3. The molecule has 0 fully saturated rings. The van der Waals surface area contributed by atoms with Crippen molar-refractivity contribution in [1.82, 2.24) is 0 Å². The maximum atomic E-state index is 2.49. The molecular weight excluding hydrogens is 413 g/mol. The van der Waals surface area contributed by atoms with Gasteiger partial charge in [-0.05, 0) is 0 Å². The number of allylic oxidation sites excluding steroid dienone is 12. The van der Waals surface area contributed by atoms with E-state index < -0.39 is 27.4 Å². The third-order valence-electron chi connectivity index (χ3n) is 7.49. The molecule has 3 rings (SSSR count). The van der Waals surface area contributed by atoms with Gasteiger partial charge in [0.2, 0.25) is 0 Å². The van der Waals surface area contributed by atoms with Crippen molar-refractivity contribution in [1.29, 1.82) is 0 Å². The van der Waals surface area contributed by atoms with Crippen LogP contribution in [-0.2, 0) is 27.4 Å². The SMILES string of the molecule is CCC(C)C1=[C]([Y]([C]2=C(C(C)CC)C=CC2)[C]2=C(C(C)CC)C=CC2)CC=C1. The molecule has 0 amide bonds. The van der Waals surface area contributed by atoms with Crippen LogP contribution in [0.3, 0.4) is 0 Å². The van der Waals surface area contributed by atoms with Gasteiger partial charge in [0.25, 0.3) is 0 Å². The Kier molecular flexibility index (Phi) is 7.97. The fraction of sp³-hybridized carbons (Fsp3) is 0.556. The summed E-state index contributed by atoms with van der Waals surface area (Å²) >= 11 is -2.26. The summed E-state index contributed by atoms with van der Waals surface area (Å²) in [6.45, 7) is 14.4. The minimum absolute atomic E-state index is 0.706. The predicted molar refractivity (Wildman–Crippen MR) is 121 cm³/mol. The van der Waals surface area contributed by atoms with Gasteiger partial charge < -0.3 is 0 Å². The van der Waals surface area contributed by atoms with E-state index in [2.05, 4.69) is 78.0 Å². The van der Waals surface area contributed by atoms with Crippen LogP contribution in [0.2, 0.25) is 0 Å². The van der Waals surface area contributed by atoms with Gasteiger partial charge >= 0.3 is 186 Å². The van der Waals surface area contributed by atoms with Gasteiger partial charge in [0, 0.05) is 0 Å². The van der Waals surface area contributed by atoms with Crippen LogP contribution in [0.4, 0.5) is 0 Å². The van der Waals surface area contributed by atoms with Crippen LogP contribution in [0.5, 0.6) is 0 Å². The second kappa shape index (κ2) is 10.0. The van der Waals surface area contributed by atoms with Crippen molar-refractivity contribution in [2.24, 2.45) is 17.8 Å². The molecule has 28 heavy (non-hydrogen) atoms. The molecule has 0 spiro atoms. The summed E-state index contributed by atoms with van der Waals surface area (Å²) in [6, 6.07) is 0. The zero-order valence-corrected chi connectivity index (χ0v) is 21.9. The quantitative estimate of drug-likeness (QED) is 0.330. The van der Waals surface area contributed by atoms with E-state index in [9.17, 15) is 0 Å². The standard InChI is InChI=1S/3C9H13.Y/c3*1-3-8(2)9-6-4-5-7-9;/h3*4,6,8H,3,5H2,1-2H3;. The Morgan fingerprint density at radius 3 is 1.14 bits per heavy atom. The average molecular weight is 453 g/mol. The molecule has 0 saturated heterocycles. The molecule has 150 valence electrons. The molecule has 3 atom stereocenters. The second-order valence-electron chi connectivity index (χ2n) is 9.12. The van der Waals surface area contributed by atoms with Gasteiger partial charge in [0.05, 0.1) is 0 Å². The summed E-state index contributed by atoms with van der Waals surface area (Å²) in [4.78, 5) is 0. The van der Waals surface area contributed by atoms with Crippen molar-refractivity contribution in [2.75, 3.05) is 0 Å². The molecule has 0 aromatic carbocycles. The molecule has 3 aliphatic carbocycles. The maximum absolute atomic E-state index is 2.49. The Labute approximate surface area is 184 Å². The molecule has 0 aliphatic heterocycles. The molecule has 0 bridgehead atoms. The molecule has 0 aromatic rings. The van der Waals surface area contributed by atoms with Crippen LogP contribution in [0.25, 0.3) is 0 Å². The summed E-state index contributed by atoms with van der Waals surface area (Å²) in [6.07, 6.45) is 22.3. The summed E-state index contributed by atoms with van der Waals surface area (Å²) in [5.74, 6) is 2.12. The van der Waals surface area contributed by atoms with Gasteiger partial charge in [-0.1, -0.05) is 0 Å². The van der Waals surface area contributed by atoms with E-state index in [-0.39, 0.29) is 0 Å². The Balaban J connectivity index is 2.17. The first-order valence-electron chi connectivity index (χ1n) is 11.7. The number of rotatable bonds is 9. The molecule has 3 unspecified atom stereocenters. The Morgan fingerprint density at radius 2 is 0.893 bits per heavy atom. The van der Waals surface area contributed by atoms with Crippen molar-refractivity contribution >= 4 is 0 Å². The van der Waals surface area contributed by atoms with Crippen molar-refractivity contribution in [3.63, 3.8) is 0 Å². The number of hydrogen-bond donors (Lipinski definition) is 0.